The third kappa shape index (κ3) is 35.2. The molecule has 22 heteroatoms. The second-order valence-corrected chi connectivity index (χ2v) is 17.9. The van der Waals surface area contributed by atoms with Gasteiger partial charge in [-0.25, -0.2) is 4.98 Å². The van der Waals surface area contributed by atoms with Crippen molar-refractivity contribution in [3.05, 3.63) is 52.6 Å². The Bertz CT molecular complexity index is 1760. The summed E-state index contributed by atoms with van der Waals surface area (Å²) in [4.78, 5) is 28.7. The van der Waals surface area contributed by atoms with E-state index in [1.54, 1.807) is 0 Å². The number of nitrogen functional groups attached to an aromatic ring is 1. The molecule has 0 aliphatic carbocycles. The van der Waals surface area contributed by atoms with E-state index in [1.807, 2.05) is 63.5 Å². The standard InChI is InChI=1S/C52H90N6O16/c1-7-8-9-45-57-48(50(53)54)49(51(55)73-42(2)3)58(45)41-44-12-10-43(11-13-44)40-56-46(59)14-16-61-18-20-63-22-24-65-26-28-67-30-32-69-34-36-71-38-39-72-37-35-70-33-31-68-29-27-66-25-23-64-21-19-62-17-15-47(60)74-52(4,5)6/h10-13,42,55H,7-9,14-41H2,1-6H3,(H3,53,54)(H,56,59). The summed E-state index contributed by atoms with van der Waals surface area (Å²) in [5, 5.41) is 19.6. The number of amidine groups is 1. The quantitative estimate of drug-likeness (QED) is 0.0312. The van der Waals surface area contributed by atoms with Gasteiger partial charge in [0.2, 0.25) is 11.8 Å². The summed E-state index contributed by atoms with van der Waals surface area (Å²) < 4.78 is 78.8. The predicted octanol–water partition coefficient (Wildman–Crippen LogP) is 4.25. The number of nitrogens with one attached hydrogen (secondary N) is 3. The SMILES string of the molecule is CCCCc1nc(C(=N)N)c(C(=N)OC(C)C)n1Cc1ccc(CNC(=O)CCOCCOCCOCCOCCOCCOCCOCCOCCOCCOCCOCCOCCC(=O)OC(C)(C)C)cc1. The van der Waals surface area contributed by atoms with Crippen LogP contribution in [0.25, 0.3) is 0 Å². The van der Waals surface area contributed by atoms with Crippen LogP contribution in [0.15, 0.2) is 24.3 Å². The van der Waals surface area contributed by atoms with Crippen molar-refractivity contribution in [2.75, 3.05) is 159 Å². The maximum Gasteiger partial charge on any atom is 0.308 e. The summed E-state index contributed by atoms with van der Waals surface area (Å²) >= 11 is 0. The lowest BCUT2D eigenvalue weighted by atomic mass is 10.1. The number of hydrogen-bond acceptors (Lipinski definition) is 19. The maximum atomic E-state index is 12.4. The van der Waals surface area contributed by atoms with Crippen LogP contribution in [0.5, 0.6) is 0 Å². The Kier molecular flexibility index (Phi) is 38.3. The normalized spacial score (nSPS) is 11.7. The number of rotatable bonds is 49. The highest BCUT2D eigenvalue weighted by atomic mass is 16.6. The first-order valence-corrected chi connectivity index (χ1v) is 26.0. The van der Waals surface area contributed by atoms with Crippen LogP contribution in [0.3, 0.4) is 0 Å². The minimum Gasteiger partial charge on any atom is -0.474 e. The molecule has 2 rings (SSSR count). The Morgan fingerprint density at radius 3 is 1.31 bits per heavy atom. The van der Waals surface area contributed by atoms with Gasteiger partial charge in [-0.05, 0) is 52.2 Å². The Hall–Kier alpha value is -4.17. The molecule has 0 radical (unpaired) electrons. The van der Waals surface area contributed by atoms with Crippen LogP contribution in [0.1, 0.15) is 95.6 Å². The van der Waals surface area contributed by atoms with Gasteiger partial charge in [-0.15, -0.1) is 0 Å². The molecule has 74 heavy (non-hydrogen) atoms. The highest BCUT2D eigenvalue weighted by Gasteiger charge is 2.24. The number of unbranched alkanes of at least 4 members (excludes halogenated alkanes) is 1. The number of esters is 1. The zero-order chi connectivity index (χ0) is 53.9. The number of ether oxygens (including phenoxy) is 14. The second-order valence-electron chi connectivity index (χ2n) is 17.9. The van der Waals surface area contributed by atoms with E-state index in [2.05, 4.69) is 17.2 Å². The minimum atomic E-state index is -0.486. The molecule has 5 N–H and O–H groups in total. The number of imidazole rings is 1. The first-order chi connectivity index (χ1) is 35.8. The fourth-order valence-corrected chi connectivity index (χ4v) is 6.37. The van der Waals surface area contributed by atoms with Gasteiger partial charge in [0.15, 0.2) is 0 Å². The number of nitrogens with zero attached hydrogens (tertiary/aromatic N) is 2. The molecule has 0 atom stereocenters. The molecule has 1 heterocycles. The summed E-state index contributed by atoms with van der Waals surface area (Å²) in [6.07, 6.45) is 2.82. The van der Waals surface area contributed by atoms with Crippen LogP contribution in [0.4, 0.5) is 0 Å². The van der Waals surface area contributed by atoms with E-state index in [1.165, 1.54) is 0 Å². The number of hydrogen-bond donors (Lipinski definition) is 4. The van der Waals surface area contributed by atoms with Crippen LogP contribution < -0.4 is 11.1 Å². The van der Waals surface area contributed by atoms with Gasteiger partial charge >= 0.3 is 5.97 Å². The monoisotopic (exact) mass is 1050 g/mol. The molecule has 2 aromatic rings. The minimum absolute atomic E-state index is 0.0634. The van der Waals surface area contributed by atoms with Crippen molar-refractivity contribution in [2.24, 2.45) is 5.73 Å². The van der Waals surface area contributed by atoms with Gasteiger partial charge in [0.25, 0.3) is 0 Å². The van der Waals surface area contributed by atoms with Crippen molar-refractivity contribution in [3.63, 3.8) is 0 Å². The van der Waals surface area contributed by atoms with E-state index in [-0.39, 0.29) is 54.9 Å². The average Bonchev–Trinajstić information content (AvgIpc) is 3.72. The summed E-state index contributed by atoms with van der Waals surface area (Å²) in [6, 6.07) is 7.88. The Balaban J connectivity index is 1.30. The lowest BCUT2D eigenvalue weighted by Crippen LogP contribution is -2.24. The number of carbonyl (C=O) groups excluding carboxylic acids is 2. The molecule has 0 fully saturated rings. The summed E-state index contributed by atoms with van der Waals surface area (Å²) in [7, 11) is 0. The van der Waals surface area contributed by atoms with Crippen molar-refractivity contribution in [1.29, 1.82) is 10.8 Å². The average molecular weight is 1060 g/mol. The van der Waals surface area contributed by atoms with Crippen LogP contribution in [0, 0.1) is 10.8 Å². The number of aromatic nitrogens is 2. The molecule has 1 amide bonds. The van der Waals surface area contributed by atoms with Gasteiger partial charge in [0.05, 0.1) is 171 Å². The molecule has 0 bridgehead atoms. The zero-order valence-corrected chi connectivity index (χ0v) is 45.3. The van der Waals surface area contributed by atoms with Gasteiger partial charge in [0.1, 0.15) is 28.6 Å². The van der Waals surface area contributed by atoms with Crippen molar-refractivity contribution in [1.82, 2.24) is 14.9 Å². The van der Waals surface area contributed by atoms with Crippen molar-refractivity contribution in [3.8, 4) is 0 Å². The van der Waals surface area contributed by atoms with Crippen molar-refractivity contribution in [2.45, 2.75) is 98.4 Å². The van der Waals surface area contributed by atoms with E-state index < -0.39 is 5.60 Å². The van der Waals surface area contributed by atoms with Gasteiger partial charge in [0, 0.05) is 25.9 Å². The molecule has 0 saturated carbocycles. The van der Waals surface area contributed by atoms with Crippen LogP contribution >= 0.6 is 0 Å². The molecule has 1 aromatic heterocycles. The lowest BCUT2D eigenvalue weighted by Gasteiger charge is -2.19. The Morgan fingerprint density at radius 1 is 0.595 bits per heavy atom. The molecule has 424 valence electrons. The molecular weight excluding hydrogens is 965 g/mol. The lowest BCUT2D eigenvalue weighted by molar-refractivity contribution is -0.156. The molecule has 0 spiro atoms. The first-order valence-electron chi connectivity index (χ1n) is 26.0. The smallest absolute Gasteiger partial charge is 0.308 e. The molecule has 0 aliphatic rings. The number of benzene rings is 1. The zero-order valence-electron chi connectivity index (χ0n) is 45.3. The predicted molar refractivity (Wildman–Crippen MR) is 277 cm³/mol. The molecule has 0 unspecified atom stereocenters. The fourth-order valence-electron chi connectivity index (χ4n) is 6.37. The van der Waals surface area contributed by atoms with Crippen molar-refractivity contribution >= 4 is 23.6 Å². The molecule has 0 saturated heterocycles. The highest BCUT2D eigenvalue weighted by Crippen LogP contribution is 2.19. The van der Waals surface area contributed by atoms with E-state index >= 15 is 0 Å². The van der Waals surface area contributed by atoms with E-state index in [4.69, 9.17) is 82.9 Å². The Morgan fingerprint density at radius 2 is 0.959 bits per heavy atom. The fraction of sp³-hybridized carbons (Fsp3) is 0.750. The van der Waals surface area contributed by atoms with Gasteiger partial charge < -0.3 is 81.9 Å². The van der Waals surface area contributed by atoms with E-state index in [0.717, 1.165) is 29.8 Å². The maximum absolute atomic E-state index is 12.4. The second kappa shape index (κ2) is 43.0. The Labute approximate surface area is 439 Å². The van der Waals surface area contributed by atoms with Gasteiger partial charge in [-0.3, -0.25) is 20.4 Å². The molecule has 0 aliphatic heterocycles. The topological polar surface area (TPSA) is 267 Å². The molecular formula is C52H90N6O16. The van der Waals surface area contributed by atoms with E-state index in [0.29, 0.717) is 177 Å². The largest absolute Gasteiger partial charge is 0.474 e. The summed E-state index contributed by atoms with van der Waals surface area (Å²) in [6.45, 7) is 22.6. The number of carbonyl (C=O) groups is 2. The molecule has 1 aromatic carbocycles. The summed E-state index contributed by atoms with van der Waals surface area (Å²) in [5.74, 6) is 0.107. The third-order valence-electron chi connectivity index (χ3n) is 9.91. The van der Waals surface area contributed by atoms with Crippen LogP contribution in [-0.2, 0) is 95.4 Å². The van der Waals surface area contributed by atoms with Crippen molar-refractivity contribution < 1.29 is 75.9 Å². The van der Waals surface area contributed by atoms with E-state index in [9.17, 15) is 9.59 Å². The summed E-state index contributed by atoms with van der Waals surface area (Å²) in [5.41, 5.74) is 7.98. The number of aryl methyl sites for hydroxylation is 1. The van der Waals surface area contributed by atoms with Crippen LogP contribution in [0.2, 0.25) is 0 Å². The van der Waals surface area contributed by atoms with Gasteiger partial charge in [-0.2, -0.15) is 0 Å². The third-order valence-corrected chi connectivity index (χ3v) is 9.91. The number of amides is 1. The highest BCUT2D eigenvalue weighted by molar-refractivity contribution is 6.04. The first kappa shape index (κ1) is 65.9. The molecule has 22 nitrogen and oxygen atoms in total. The number of nitrogens with two attached hydrogens (primary N) is 1. The van der Waals surface area contributed by atoms with Crippen LogP contribution in [-0.4, -0.2) is 203 Å². The van der Waals surface area contributed by atoms with Gasteiger partial charge in [-0.1, -0.05) is 37.6 Å².